The highest BCUT2D eigenvalue weighted by atomic mass is 16.6. The Bertz CT molecular complexity index is 719. The number of amides is 1. The van der Waals surface area contributed by atoms with Gasteiger partial charge in [0.1, 0.15) is 5.60 Å². The predicted octanol–water partition coefficient (Wildman–Crippen LogP) is 1.49. The van der Waals surface area contributed by atoms with Gasteiger partial charge in [0.15, 0.2) is 0 Å². The van der Waals surface area contributed by atoms with Crippen LogP contribution in [0.3, 0.4) is 0 Å². The van der Waals surface area contributed by atoms with Gasteiger partial charge in [0, 0.05) is 83.5 Å². The summed E-state index contributed by atoms with van der Waals surface area (Å²) in [6.07, 6.45) is 7.57. The molecule has 0 N–H and O–H groups in total. The lowest BCUT2D eigenvalue weighted by atomic mass is 9.91. The first-order chi connectivity index (χ1) is 14.6. The fourth-order valence-electron chi connectivity index (χ4n) is 4.81. The molecule has 30 heavy (non-hydrogen) atoms. The standard InChI is InChI=1S/C22H36N6O2/c1-3-7-28-18-20(16-23-28)17-26-8-5-22(6-9-26)19-27(21(29)30-22)15-14-25-12-10-24(4-2)11-13-25/h3,16,18H,1,4-15,17,19H2,2H3. The van der Waals surface area contributed by atoms with E-state index < -0.39 is 0 Å². The lowest BCUT2D eigenvalue weighted by molar-refractivity contribution is -0.00126. The molecule has 3 saturated heterocycles. The number of hydrogen-bond donors (Lipinski definition) is 0. The Morgan fingerprint density at radius 2 is 1.83 bits per heavy atom. The molecule has 0 aromatic carbocycles. The van der Waals surface area contributed by atoms with Gasteiger partial charge in [-0.1, -0.05) is 13.0 Å². The van der Waals surface area contributed by atoms with Crippen molar-refractivity contribution in [2.24, 2.45) is 0 Å². The van der Waals surface area contributed by atoms with Gasteiger partial charge in [-0.3, -0.25) is 14.5 Å². The molecule has 3 aliphatic heterocycles. The molecule has 1 spiro atoms. The van der Waals surface area contributed by atoms with Crippen molar-refractivity contribution in [3.8, 4) is 0 Å². The third-order valence-corrected chi connectivity index (χ3v) is 6.82. The minimum Gasteiger partial charge on any atom is -0.441 e. The van der Waals surface area contributed by atoms with E-state index in [1.807, 2.05) is 21.9 Å². The molecule has 8 nitrogen and oxygen atoms in total. The van der Waals surface area contributed by atoms with E-state index in [1.165, 1.54) is 5.56 Å². The number of likely N-dealkylation sites (N-methyl/N-ethyl adjacent to an activating group) is 1. The first-order valence-corrected chi connectivity index (χ1v) is 11.4. The van der Waals surface area contributed by atoms with Gasteiger partial charge in [0.05, 0.1) is 19.3 Å². The Kier molecular flexibility index (Phi) is 6.75. The summed E-state index contributed by atoms with van der Waals surface area (Å²) >= 11 is 0. The number of aromatic nitrogens is 2. The molecule has 166 valence electrons. The maximum atomic E-state index is 12.5. The van der Waals surface area contributed by atoms with Crippen LogP contribution in [0.4, 0.5) is 4.79 Å². The van der Waals surface area contributed by atoms with Crippen LogP contribution >= 0.6 is 0 Å². The third-order valence-electron chi connectivity index (χ3n) is 6.82. The van der Waals surface area contributed by atoms with Crippen molar-refractivity contribution >= 4 is 6.09 Å². The number of carbonyl (C=O) groups excluding carboxylic acids is 1. The molecule has 0 saturated carbocycles. The number of nitrogens with zero attached hydrogens (tertiary/aromatic N) is 6. The van der Waals surface area contributed by atoms with Crippen LogP contribution in [0, 0.1) is 0 Å². The summed E-state index contributed by atoms with van der Waals surface area (Å²) < 4.78 is 7.83. The second kappa shape index (κ2) is 9.49. The molecule has 4 heterocycles. The average Bonchev–Trinajstić information content (AvgIpc) is 3.33. The van der Waals surface area contributed by atoms with Crippen LogP contribution in [-0.2, 0) is 17.8 Å². The lowest BCUT2D eigenvalue weighted by Crippen LogP contribution is -2.49. The zero-order valence-corrected chi connectivity index (χ0v) is 18.3. The van der Waals surface area contributed by atoms with E-state index in [2.05, 4.69) is 39.5 Å². The van der Waals surface area contributed by atoms with Crippen molar-refractivity contribution < 1.29 is 9.53 Å². The quantitative estimate of drug-likeness (QED) is 0.599. The molecule has 3 fully saturated rings. The molecule has 8 heteroatoms. The van der Waals surface area contributed by atoms with Crippen LogP contribution in [0.15, 0.2) is 25.0 Å². The summed E-state index contributed by atoms with van der Waals surface area (Å²) in [5.74, 6) is 0. The second-order valence-electron chi connectivity index (χ2n) is 8.88. The zero-order valence-electron chi connectivity index (χ0n) is 18.3. The number of rotatable bonds is 8. The summed E-state index contributed by atoms with van der Waals surface area (Å²) in [4.78, 5) is 21.8. The van der Waals surface area contributed by atoms with E-state index in [4.69, 9.17) is 4.74 Å². The van der Waals surface area contributed by atoms with Crippen molar-refractivity contribution in [1.29, 1.82) is 0 Å². The molecule has 0 aliphatic carbocycles. The highest BCUT2D eigenvalue weighted by molar-refractivity contribution is 5.70. The van der Waals surface area contributed by atoms with Crippen molar-refractivity contribution in [3.63, 3.8) is 0 Å². The van der Waals surface area contributed by atoms with E-state index in [-0.39, 0.29) is 11.7 Å². The maximum Gasteiger partial charge on any atom is 0.410 e. The number of piperidine rings is 1. The SMILES string of the molecule is C=CCn1cc(CN2CCC3(CC2)CN(CCN2CCN(CC)CC2)C(=O)O3)cn1. The fourth-order valence-corrected chi connectivity index (χ4v) is 4.81. The molecule has 4 rings (SSSR count). The van der Waals surface area contributed by atoms with Crippen LogP contribution < -0.4 is 0 Å². The first-order valence-electron chi connectivity index (χ1n) is 11.4. The molecule has 0 radical (unpaired) electrons. The van der Waals surface area contributed by atoms with E-state index >= 15 is 0 Å². The summed E-state index contributed by atoms with van der Waals surface area (Å²) in [5, 5.41) is 4.37. The van der Waals surface area contributed by atoms with Crippen molar-refractivity contribution in [2.75, 3.05) is 65.4 Å². The van der Waals surface area contributed by atoms with Crippen LogP contribution in [0.2, 0.25) is 0 Å². The minimum absolute atomic E-state index is 0.124. The Hall–Kier alpha value is -1.90. The van der Waals surface area contributed by atoms with Crippen LogP contribution in [0.5, 0.6) is 0 Å². The summed E-state index contributed by atoms with van der Waals surface area (Å²) in [6, 6.07) is 0. The average molecular weight is 417 g/mol. The molecule has 1 aromatic rings. The molecular weight excluding hydrogens is 380 g/mol. The van der Waals surface area contributed by atoms with Gasteiger partial charge in [-0.25, -0.2) is 4.79 Å². The normalized spacial score (nSPS) is 23.2. The summed E-state index contributed by atoms with van der Waals surface area (Å²) in [7, 11) is 0. The zero-order chi connectivity index (χ0) is 21.0. The Balaban J connectivity index is 1.21. The predicted molar refractivity (Wildman–Crippen MR) is 116 cm³/mol. The van der Waals surface area contributed by atoms with Crippen LogP contribution in [0.25, 0.3) is 0 Å². The summed E-state index contributed by atoms with van der Waals surface area (Å²) in [5.41, 5.74) is 0.933. The van der Waals surface area contributed by atoms with Crippen molar-refractivity contribution in [3.05, 3.63) is 30.6 Å². The number of hydrogen-bond acceptors (Lipinski definition) is 6. The van der Waals surface area contributed by atoms with Gasteiger partial charge >= 0.3 is 6.09 Å². The molecule has 3 aliphatic rings. The summed E-state index contributed by atoms with van der Waals surface area (Å²) in [6.45, 7) is 17.6. The number of allylic oxidation sites excluding steroid dienone is 1. The van der Waals surface area contributed by atoms with Gasteiger partial charge in [-0.2, -0.15) is 5.10 Å². The Morgan fingerprint density at radius 1 is 1.10 bits per heavy atom. The van der Waals surface area contributed by atoms with E-state index in [1.54, 1.807) is 0 Å². The lowest BCUT2D eigenvalue weighted by Gasteiger charge is -2.37. The van der Waals surface area contributed by atoms with E-state index in [0.717, 1.165) is 91.4 Å². The third kappa shape index (κ3) is 5.04. The molecule has 0 unspecified atom stereocenters. The molecular formula is C22H36N6O2. The molecule has 1 amide bonds. The van der Waals surface area contributed by atoms with Gasteiger partial charge in [-0.15, -0.1) is 6.58 Å². The van der Waals surface area contributed by atoms with Crippen LogP contribution in [-0.4, -0.2) is 107 Å². The van der Waals surface area contributed by atoms with Crippen LogP contribution in [0.1, 0.15) is 25.3 Å². The first kappa shape index (κ1) is 21.3. The van der Waals surface area contributed by atoms with E-state index in [9.17, 15) is 4.79 Å². The largest absolute Gasteiger partial charge is 0.441 e. The van der Waals surface area contributed by atoms with Gasteiger partial charge in [-0.05, 0) is 6.54 Å². The fraction of sp³-hybridized carbons (Fsp3) is 0.727. The highest BCUT2D eigenvalue weighted by Crippen LogP contribution is 2.33. The number of carbonyl (C=O) groups is 1. The topological polar surface area (TPSA) is 57.1 Å². The maximum absolute atomic E-state index is 12.5. The Labute approximate surface area is 180 Å². The smallest absolute Gasteiger partial charge is 0.410 e. The second-order valence-corrected chi connectivity index (χ2v) is 8.88. The van der Waals surface area contributed by atoms with Gasteiger partial charge in [0.2, 0.25) is 0 Å². The van der Waals surface area contributed by atoms with E-state index in [0.29, 0.717) is 0 Å². The van der Waals surface area contributed by atoms with Crippen molar-refractivity contribution in [1.82, 2.24) is 29.4 Å². The van der Waals surface area contributed by atoms with Gasteiger partial charge in [0.25, 0.3) is 0 Å². The van der Waals surface area contributed by atoms with Crippen molar-refractivity contribution in [2.45, 2.75) is 38.5 Å². The minimum atomic E-state index is -0.290. The monoisotopic (exact) mass is 416 g/mol. The van der Waals surface area contributed by atoms with Gasteiger partial charge < -0.3 is 14.5 Å². The molecule has 0 atom stereocenters. The number of likely N-dealkylation sites (tertiary alicyclic amines) is 1. The highest BCUT2D eigenvalue weighted by Gasteiger charge is 2.46. The number of piperazine rings is 1. The Morgan fingerprint density at radius 3 is 2.53 bits per heavy atom. The molecule has 1 aromatic heterocycles. The molecule has 0 bridgehead atoms. The number of ether oxygens (including phenoxy) is 1.